The predicted molar refractivity (Wildman–Crippen MR) is 78.7 cm³/mol. The molecule has 1 aromatic carbocycles. The molecular weight excluding hydrogens is 326 g/mol. The van der Waals surface area contributed by atoms with Crippen molar-refractivity contribution in [2.75, 3.05) is 6.54 Å². The molecular formula is C14H18BrNO4. The Hall–Kier alpha value is -1.56. The lowest BCUT2D eigenvalue weighted by Gasteiger charge is -2.15. The van der Waals surface area contributed by atoms with E-state index < -0.39 is 17.8 Å². The summed E-state index contributed by atoms with van der Waals surface area (Å²) in [6.45, 7) is 3.90. The fourth-order valence-corrected chi connectivity index (χ4v) is 2.20. The third-order valence-corrected chi connectivity index (χ3v) is 3.31. The monoisotopic (exact) mass is 343 g/mol. The van der Waals surface area contributed by atoms with E-state index in [2.05, 4.69) is 21.2 Å². The van der Waals surface area contributed by atoms with Gasteiger partial charge in [-0.25, -0.2) is 0 Å². The van der Waals surface area contributed by atoms with E-state index in [0.717, 1.165) is 0 Å². The molecule has 0 saturated heterocycles. The van der Waals surface area contributed by atoms with E-state index in [9.17, 15) is 14.7 Å². The van der Waals surface area contributed by atoms with E-state index in [0.29, 0.717) is 10.9 Å². The van der Waals surface area contributed by atoms with Crippen molar-refractivity contribution in [2.24, 2.45) is 11.8 Å². The molecule has 5 nitrogen and oxygen atoms in total. The molecule has 1 rings (SSSR count). The fourth-order valence-electron chi connectivity index (χ4n) is 1.84. The van der Waals surface area contributed by atoms with Crippen molar-refractivity contribution in [1.82, 2.24) is 5.32 Å². The fraction of sp³-hybridized carbons (Fsp3) is 0.429. The molecule has 1 atom stereocenters. The Labute approximate surface area is 126 Å². The number of benzene rings is 1. The minimum atomic E-state index is -0.933. The van der Waals surface area contributed by atoms with E-state index in [4.69, 9.17) is 5.11 Å². The van der Waals surface area contributed by atoms with Crippen LogP contribution in [-0.4, -0.2) is 28.6 Å². The van der Waals surface area contributed by atoms with Crippen molar-refractivity contribution < 1.29 is 19.8 Å². The van der Waals surface area contributed by atoms with Gasteiger partial charge >= 0.3 is 5.97 Å². The summed E-state index contributed by atoms with van der Waals surface area (Å²) in [5, 5.41) is 21.3. The van der Waals surface area contributed by atoms with Gasteiger partial charge in [0.25, 0.3) is 5.91 Å². The topological polar surface area (TPSA) is 86.6 Å². The molecule has 1 amide bonds. The summed E-state index contributed by atoms with van der Waals surface area (Å²) in [6, 6.07) is 4.51. The van der Waals surface area contributed by atoms with Gasteiger partial charge in [-0.2, -0.15) is 0 Å². The number of carboxylic acids is 1. The van der Waals surface area contributed by atoms with Crippen molar-refractivity contribution >= 4 is 27.8 Å². The lowest BCUT2D eigenvalue weighted by Crippen LogP contribution is -2.33. The van der Waals surface area contributed by atoms with Crippen LogP contribution in [0.3, 0.4) is 0 Å². The SMILES string of the molecule is CC(C)CC(CNC(=O)c1cc(Br)ccc1O)C(=O)O. The molecule has 6 heteroatoms. The first-order chi connectivity index (χ1) is 9.31. The molecule has 110 valence electrons. The highest BCUT2D eigenvalue weighted by atomic mass is 79.9. The number of aliphatic carboxylic acids is 1. The maximum absolute atomic E-state index is 11.9. The summed E-state index contributed by atoms with van der Waals surface area (Å²) >= 11 is 3.22. The molecule has 0 aliphatic carbocycles. The largest absolute Gasteiger partial charge is 0.507 e. The number of phenolic OH excluding ortho intramolecular Hbond substituents is 1. The number of rotatable bonds is 6. The Kier molecular flexibility index (Phi) is 6.01. The molecule has 0 radical (unpaired) electrons. The summed E-state index contributed by atoms with van der Waals surface area (Å²) in [7, 11) is 0. The van der Waals surface area contributed by atoms with E-state index in [1.165, 1.54) is 12.1 Å². The Morgan fingerprint density at radius 1 is 1.35 bits per heavy atom. The number of hydrogen-bond acceptors (Lipinski definition) is 3. The second-order valence-corrected chi connectivity index (χ2v) is 5.95. The van der Waals surface area contributed by atoms with E-state index in [-0.39, 0.29) is 23.8 Å². The zero-order chi connectivity index (χ0) is 15.3. The molecule has 0 bridgehead atoms. The Morgan fingerprint density at radius 2 is 2.00 bits per heavy atom. The number of nitrogens with one attached hydrogen (secondary N) is 1. The Bertz CT molecular complexity index is 502. The van der Waals surface area contributed by atoms with Crippen LogP contribution in [-0.2, 0) is 4.79 Å². The van der Waals surface area contributed by atoms with Crippen LogP contribution in [0, 0.1) is 11.8 Å². The van der Waals surface area contributed by atoms with Crippen LogP contribution in [0.4, 0.5) is 0 Å². The maximum Gasteiger partial charge on any atom is 0.308 e. The minimum absolute atomic E-state index is 0.0400. The number of hydrogen-bond donors (Lipinski definition) is 3. The molecule has 0 saturated carbocycles. The molecule has 1 unspecified atom stereocenters. The zero-order valence-corrected chi connectivity index (χ0v) is 13.0. The van der Waals surface area contributed by atoms with Crippen LogP contribution >= 0.6 is 15.9 Å². The number of carbonyl (C=O) groups is 2. The molecule has 0 aliphatic heterocycles. The molecule has 20 heavy (non-hydrogen) atoms. The number of carbonyl (C=O) groups excluding carboxylic acids is 1. The van der Waals surface area contributed by atoms with Gasteiger partial charge < -0.3 is 15.5 Å². The number of aromatic hydroxyl groups is 1. The maximum atomic E-state index is 11.9. The van der Waals surface area contributed by atoms with Crippen LogP contribution in [0.2, 0.25) is 0 Å². The average molecular weight is 344 g/mol. The first-order valence-corrected chi connectivity index (χ1v) is 7.10. The van der Waals surface area contributed by atoms with Gasteiger partial charge in [0.1, 0.15) is 5.75 Å². The first kappa shape index (κ1) is 16.5. The summed E-state index contributed by atoms with van der Waals surface area (Å²) in [5.74, 6) is -1.96. The predicted octanol–water partition coefficient (Wildman–Crippen LogP) is 2.63. The van der Waals surface area contributed by atoms with Gasteiger partial charge in [0.15, 0.2) is 0 Å². The average Bonchev–Trinajstić information content (AvgIpc) is 2.36. The lowest BCUT2D eigenvalue weighted by molar-refractivity contribution is -0.142. The van der Waals surface area contributed by atoms with E-state index in [1.807, 2.05) is 13.8 Å². The summed E-state index contributed by atoms with van der Waals surface area (Å²) in [6.07, 6.45) is 0.486. The third-order valence-electron chi connectivity index (χ3n) is 2.82. The van der Waals surface area contributed by atoms with Crippen LogP contribution in [0.15, 0.2) is 22.7 Å². The Balaban J connectivity index is 2.70. The first-order valence-electron chi connectivity index (χ1n) is 6.30. The van der Waals surface area contributed by atoms with Gasteiger partial charge in [-0.05, 0) is 30.5 Å². The normalized spacial score (nSPS) is 12.2. The van der Waals surface area contributed by atoms with Crippen molar-refractivity contribution in [3.63, 3.8) is 0 Å². The Morgan fingerprint density at radius 3 is 2.55 bits per heavy atom. The lowest BCUT2D eigenvalue weighted by atomic mass is 9.97. The molecule has 1 aromatic rings. The van der Waals surface area contributed by atoms with Crippen LogP contribution < -0.4 is 5.32 Å². The highest BCUT2D eigenvalue weighted by molar-refractivity contribution is 9.10. The second kappa shape index (κ2) is 7.28. The van der Waals surface area contributed by atoms with Crippen LogP contribution in [0.5, 0.6) is 5.75 Å². The second-order valence-electron chi connectivity index (χ2n) is 5.04. The zero-order valence-electron chi connectivity index (χ0n) is 11.4. The summed E-state index contributed by atoms with van der Waals surface area (Å²) in [4.78, 5) is 23.0. The van der Waals surface area contributed by atoms with Gasteiger partial charge in [-0.1, -0.05) is 29.8 Å². The van der Waals surface area contributed by atoms with Crippen LogP contribution in [0.25, 0.3) is 0 Å². The highest BCUT2D eigenvalue weighted by Gasteiger charge is 2.20. The van der Waals surface area contributed by atoms with Gasteiger partial charge in [0, 0.05) is 11.0 Å². The van der Waals surface area contributed by atoms with Crippen molar-refractivity contribution in [1.29, 1.82) is 0 Å². The summed E-state index contributed by atoms with van der Waals surface area (Å²) in [5.41, 5.74) is 0.119. The van der Waals surface area contributed by atoms with Gasteiger partial charge in [-0.3, -0.25) is 9.59 Å². The number of phenols is 1. The smallest absolute Gasteiger partial charge is 0.308 e. The van der Waals surface area contributed by atoms with Gasteiger partial charge in [0.05, 0.1) is 11.5 Å². The van der Waals surface area contributed by atoms with Crippen molar-refractivity contribution in [2.45, 2.75) is 20.3 Å². The van der Waals surface area contributed by atoms with Crippen LogP contribution in [0.1, 0.15) is 30.6 Å². The van der Waals surface area contributed by atoms with Gasteiger partial charge in [0.2, 0.25) is 0 Å². The van der Waals surface area contributed by atoms with E-state index in [1.54, 1.807) is 6.07 Å². The van der Waals surface area contributed by atoms with Gasteiger partial charge in [-0.15, -0.1) is 0 Å². The quantitative estimate of drug-likeness (QED) is 0.740. The van der Waals surface area contributed by atoms with E-state index >= 15 is 0 Å². The molecule has 0 aliphatic rings. The third kappa shape index (κ3) is 4.85. The number of halogens is 1. The minimum Gasteiger partial charge on any atom is -0.507 e. The molecule has 0 aromatic heterocycles. The molecule has 0 heterocycles. The number of amides is 1. The number of carboxylic acid groups (broad SMARTS) is 1. The highest BCUT2D eigenvalue weighted by Crippen LogP contribution is 2.21. The summed E-state index contributed by atoms with van der Waals surface area (Å²) < 4.78 is 0.664. The van der Waals surface area contributed by atoms with Crippen molar-refractivity contribution in [3.8, 4) is 5.75 Å². The molecule has 0 fully saturated rings. The molecule has 0 spiro atoms. The van der Waals surface area contributed by atoms with Crippen molar-refractivity contribution in [3.05, 3.63) is 28.2 Å². The molecule has 3 N–H and O–H groups in total. The standard InChI is InChI=1S/C14H18BrNO4/c1-8(2)5-9(14(19)20)7-16-13(18)11-6-10(15)3-4-12(11)17/h3-4,6,8-9,17H,5,7H2,1-2H3,(H,16,18)(H,19,20).